The minimum absolute atomic E-state index is 0.221. The van der Waals surface area contributed by atoms with Crippen LogP contribution in [0.15, 0.2) is 6.07 Å². The maximum absolute atomic E-state index is 11.2. The van der Waals surface area contributed by atoms with E-state index in [0.29, 0.717) is 11.8 Å². The predicted octanol–water partition coefficient (Wildman–Crippen LogP) is 0.793. The van der Waals surface area contributed by atoms with E-state index in [2.05, 4.69) is 9.97 Å². The van der Waals surface area contributed by atoms with E-state index in [4.69, 9.17) is 14.6 Å². The number of likely N-dealkylation sites (N-methyl/N-ethyl adjacent to an activating group) is 1. The maximum Gasteiger partial charge on any atom is 0.329 e. The Kier molecular flexibility index (Phi) is 3.95. The zero-order valence-electron chi connectivity index (χ0n) is 11.1. The van der Waals surface area contributed by atoms with Crippen molar-refractivity contribution in [2.45, 2.75) is 19.4 Å². The van der Waals surface area contributed by atoms with Gasteiger partial charge in [-0.05, 0) is 13.8 Å². The predicted molar refractivity (Wildman–Crippen MR) is 65.3 cm³/mol. The molecule has 100 valence electrons. The fourth-order valence-electron chi connectivity index (χ4n) is 1.14. The number of hydrogen-bond donors (Lipinski definition) is 1. The van der Waals surface area contributed by atoms with Crippen LogP contribution in [0.2, 0.25) is 0 Å². The van der Waals surface area contributed by atoms with E-state index < -0.39 is 11.5 Å². The molecule has 1 aromatic rings. The van der Waals surface area contributed by atoms with E-state index in [9.17, 15) is 4.79 Å². The molecular formula is C11H17N3O4. The molecule has 0 saturated heterocycles. The number of aliphatic carboxylic acids is 1. The van der Waals surface area contributed by atoms with Crippen molar-refractivity contribution in [2.24, 2.45) is 0 Å². The summed E-state index contributed by atoms with van der Waals surface area (Å²) in [5.74, 6) is -0.135. The Morgan fingerprint density at radius 2 is 1.72 bits per heavy atom. The number of carboxylic acid groups (broad SMARTS) is 1. The Morgan fingerprint density at radius 1 is 1.28 bits per heavy atom. The number of rotatable bonds is 5. The molecule has 0 aliphatic rings. The standard InChI is InChI=1S/C11H17N3O4/c1-11(2,9(15)16)14(3)10-12-7(17-4)6-8(13-10)18-5/h6H,1-5H3,(H,15,16). The molecule has 7 heteroatoms. The average molecular weight is 255 g/mol. The number of hydrogen-bond acceptors (Lipinski definition) is 6. The Morgan fingerprint density at radius 3 is 2.06 bits per heavy atom. The smallest absolute Gasteiger partial charge is 0.329 e. The minimum Gasteiger partial charge on any atom is -0.481 e. The molecule has 0 saturated carbocycles. The SMILES string of the molecule is COc1cc(OC)nc(N(C)C(C)(C)C(=O)O)n1. The van der Waals surface area contributed by atoms with Gasteiger partial charge in [-0.2, -0.15) is 9.97 Å². The lowest BCUT2D eigenvalue weighted by Gasteiger charge is -2.31. The summed E-state index contributed by atoms with van der Waals surface area (Å²) in [7, 11) is 4.53. The average Bonchev–Trinajstić information content (AvgIpc) is 2.36. The van der Waals surface area contributed by atoms with Gasteiger partial charge < -0.3 is 19.5 Å². The third-order valence-electron chi connectivity index (χ3n) is 2.75. The van der Waals surface area contributed by atoms with Crippen molar-refractivity contribution in [2.75, 3.05) is 26.2 Å². The van der Waals surface area contributed by atoms with Gasteiger partial charge in [0.05, 0.1) is 20.3 Å². The molecule has 0 aromatic carbocycles. The number of anilines is 1. The zero-order valence-corrected chi connectivity index (χ0v) is 11.1. The molecular weight excluding hydrogens is 238 g/mol. The highest BCUT2D eigenvalue weighted by Crippen LogP contribution is 2.24. The first-order valence-corrected chi connectivity index (χ1v) is 5.27. The van der Waals surface area contributed by atoms with Gasteiger partial charge in [-0.25, -0.2) is 4.79 Å². The van der Waals surface area contributed by atoms with Crippen LogP contribution in [0.3, 0.4) is 0 Å². The highest BCUT2D eigenvalue weighted by molar-refractivity contribution is 5.81. The van der Waals surface area contributed by atoms with Crippen LogP contribution >= 0.6 is 0 Å². The molecule has 1 N–H and O–H groups in total. The lowest BCUT2D eigenvalue weighted by atomic mass is 10.1. The number of methoxy groups -OCH3 is 2. The van der Waals surface area contributed by atoms with Gasteiger partial charge in [0, 0.05) is 7.05 Å². The number of carbonyl (C=O) groups is 1. The van der Waals surface area contributed by atoms with Crippen molar-refractivity contribution in [3.63, 3.8) is 0 Å². The third kappa shape index (κ3) is 2.61. The van der Waals surface area contributed by atoms with E-state index in [1.165, 1.54) is 25.2 Å². The molecule has 0 amide bonds. The van der Waals surface area contributed by atoms with Crippen molar-refractivity contribution < 1.29 is 19.4 Å². The van der Waals surface area contributed by atoms with E-state index >= 15 is 0 Å². The molecule has 1 aromatic heterocycles. The van der Waals surface area contributed by atoms with Gasteiger partial charge in [-0.1, -0.05) is 0 Å². The van der Waals surface area contributed by atoms with Gasteiger partial charge in [0.1, 0.15) is 5.54 Å². The van der Waals surface area contributed by atoms with E-state index in [1.807, 2.05) is 0 Å². The summed E-state index contributed by atoms with van der Waals surface area (Å²) in [6, 6.07) is 1.52. The number of nitrogens with zero attached hydrogens (tertiary/aromatic N) is 3. The summed E-state index contributed by atoms with van der Waals surface area (Å²) in [6.07, 6.45) is 0. The van der Waals surface area contributed by atoms with Gasteiger partial charge in [-0.15, -0.1) is 0 Å². The maximum atomic E-state index is 11.2. The van der Waals surface area contributed by atoms with Crippen molar-refractivity contribution in [1.29, 1.82) is 0 Å². The Balaban J connectivity index is 3.20. The fourth-order valence-corrected chi connectivity index (χ4v) is 1.14. The Hall–Kier alpha value is -2.05. The number of ether oxygens (including phenoxy) is 2. The fraction of sp³-hybridized carbons (Fsp3) is 0.545. The van der Waals surface area contributed by atoms with Gasteiger partial charge in [-0.3, -0.25) is 0 Å². The second kappa shape index (κ2) is 5.07. The van der Waals surface area contributed by atoms with E-state index in [0.717, 1.165) is 0 Å². The normalized spacial score (nSPS) is 10.9. The van der Waals surface area contributed by atoms with Gasteiger partial charge >= 0.3 is 5.97 Å². The highest BCUT2D eigenvalue weighted by Gasteiger charge is 2.34. The Bertz CT molecular complexity index is 426. The molecule has 0 spiro atoms. The lowest BCUT2D eigenvalue weighted by molar-refractivity contribution is -0.142. The molecule has 18 heavy (non-hydrogen) atoms. The van der Waals surface area contributed by atoms with Crippen molar-refractivity contribution in [3.05, 3.63) is 6.07 Å². The van der Waals surface area contributed by atoms with Crippen molar-refractivity contribution in [3.8, 4) is 11.8 Å². The first kappa shape index (κ1) is 14.0. The van der Waals surface area contributed by atoms with Crippen LogP contribution in [0.25, 0.3) is 0 Å². The minimum atomic E-state index is -1.14. The van der Waals surface area contributed by atoms with E-state index in [-0.39, 0.29) is 5.95 Å². The van der Waals surface area contributed by atoms with Crippen LogP contribution in [-0.4, -0.2) is 47.8 Å². The molecule has 0 fully saturated rings. The second-order valence-electron chi connectivity index (χ2n) is 4.18. The summed E-state index contributed by atoms with van der Waals surface area (Å²) in [5, 5.41) is 9.17. The van der Waals surface area contributed by atoms with Crippen LogP contribution in [0, 0.1) is 0 Å². The van der Waals surface area contributed by atoms with Crippen LogP contribution < -0.4 is 14.4 Å². The molecule has 0 unspecified atom stereocenters. The topological polar surface area (TPSA) is 84.8 Å². The van der Waals surface area contributed by atoms with Crippen LogP contribution in [0.4, 0.5) is 5.95 Å². The van der Waals surface area contributed by atoms with Gasteiger partial charge in [0.15, 0.2) is 0 Å². The second-order valence-corrected chi connectivity index (χ2v) is 4.18. The zero-order chi connectivity index (χ0) is 13.9. The molecule has 1 rings (SSSR count). The quantitative estimate of drug-likeness (QED) is 0.832. The lowest BCUT2D eigenvalue weighted by Crippen LogP contribution is -2.48. The van der Waals surface area contributed by atoms with E-state index in [1.54, 1.807) is 20.9 Å². The first-order valence-electron chi connectivity index (χ1n) is 5.27. The molecule has 0 aliphatic carbocycles. The monoisotopic (exact) mass is 255 g/mol. The summed E-state index contributed by atoms with van der Waals surface area (Å²) in [5.41, 5.74) is -1.14. The van der Waals surface area contributed by atoms with Crippen LogP contribution in [0.5, 0.6) is 11.8 Å². The summed E-state index contributed by atoms with van der Waals surface area (Å²) in [6.45, 7) is 3.12. The molecule has 0 atom stereocenters. The summed E-state index contributed by atoms with van der Waals surface area (Å²) >= 11 is 0. The molecule has 0 radical (unpaired) electrons. The van der Waals surface area contributed by atoms with Crippen molar-refractivity contribution >= 4 is 11.9 Å². The molecule has 0 aliphatic heterocycles. The summed E-state index contributed by atoms with van der Waals surface area (Å²) < 4.78 is 10.0. The van der Waals surface area contributed by atoms with Gasteiger partial charge in [0.2, 0.25) is 17.7 Å². The van der Waals surface area contributed by atoms with Crippen LogP contribution in [0.1, 0.15) is 13.8 Å². The van der Waals surface area contributed by atoms with Crippen molar-refractivity contribution in [1.82, 2.24) is 9.97 Å². The number of carboxylic acids is 1. The molecule has 1 heterocycles. The number of aromatic nitrogens is 2. The highest BCUT2D eigenvalue weighted by atomic mass is 16.5. The first-order chi connectivity index (χ1) is 8.32. The third-order valence-corrected chi connectivity index (χ3v) is 2.75. The largest absolute Gasteiger partial charge is 0.481 e. The van der Waals surface area contributed by atoms with Gasteiger partial charge in [0.25, 0.3) is 0 Å². The Labute approximate surface area is 105 Å². The molecule has 0 bridgehead atoms. The molecule has 7 nitrogen and oxygen atoms in total. The van der Waals surface area contributed by atoms with Crippen LogP contribution in [-0.2, 0) is 4.79 Å². The summed E-state index contributed by atoms with van der Waals surface area (Å²) in [4.78, 5) is 20.8.